The Bertz CT molecular complexity index is 783. The van der Waals surface area contributed by atoms with Crippen LogP contribution in [0.3, 0.4) is 0 Å². The van der Waals surface area contributed by atoms with Crippen molar-refractivity contribution in [3.63, 3.8) is 0 Å². The highest BCUT2D eigenvalue weighted by atomic mass is 32.2. The van der Waals surface area contributed by atoms with Gasteiger partial charge in [-0.3, -0.25) is 0 Å². The maximum atomic E-state index is 3.78. The van der Waals surface area contributed by atoms with Gasteiger partial charge in [0.15, 0.2) is 0 Å². The van der Waals surface area contributed by atoms with Gasteiger partial charge in [0.1, 0.15) is 0 Å². The van der Waals surface area contributed by atoms with E-state index in [4.69, 9.17) is 0 Å². The SMILES string of the molecule is C=C/C=C(\SCC(C)C)c1cccs1.C=C/C=C(\SCC(C)CC)c1ccccc1.CCC. The van der Waals surface area contributed by atoms with E-state index in [1.807, 2.05) is 41.7 Å². The maximum absolute atomic E-state index is 3.78. The fourth-order valence-electron chi connectivity index (χ4n) is 2.27. The smallest absolute Gasteiger partial charge is 0.0406 e. The van der Waals surface area contributed by atoms with Crippen LogP contribution < -0.4 is 0 Å². The highest BCUT2D eigenvalue weighted by Gasteiger charge is 2.05. The van der Waals surface area contributed by atoms with Crippen LogP contribution in [0.25, 0.3) is 9.81 Å². The van der Waals surface area contributed by atoms with Crippen molar-refractivity contribution in [1.82, 2.24) is 0 Å². The van der Waals surface area contributed by atoms with Crippen molar-refractivity contribution in [2.24, 2.45) is 11.8 Å². The first-order valence-corrected chi connectivity index (χ1v) is 14.8. The predicted molar refractivity (Wildman–Crippen MR) is 162 cm³/mol. The summed E-state index contributed by atoms with van der Waals surface area (Å²) in [4.78, 5) is 4.00. The maximum Gasteiger partial charge on any atom is 0.0406 e. The van der Waals surface area contributed by atoms with Gasteiger partial charge in [-0.1, -0.05) is 116 Å². The van der Waals surface area contributed by atoms with Crippen LogP contribution in [-0.2, 0) is 0 Å². The molecule has 1 unspecified atom stereocenters. The Hall–Kier alpha value is -1.42. The number of allylic oxidation sites excluding steroid dienone is 4. The summed E-state index contributed by atoms with van der Waals surface area (Å²) in [5, 5.41) is 2.11. The van der Waals surface area contributed by atoms with Gasteiger partial charge < -0.3 is 0 Å². The number of thioether (sulfide) groups is 2. The van der Waals surface area contributed by atoms with Gasteiger partial charge >= 0.3 is 0 Å². The Morgan fingerprint density at radius 3 is 1.91 bits per heavy atom. The van der Waals surface area contributed by atoms with Crippen LogP contribution in [0.15, 0.2) is 85.3 Å². The van der Waals surface area contributed by atoms with Crippen LogP contribution in [0.4, 0.5) is 0 Å². The Morgan fingerprint density at radius 1 is 0.848 bits per heavy atom. The minimum absolute atomic E-state index is 0.730. The quantitative estimate of drug-likeness (QED) is 0.281. The van der Waals surface area contributed by atoms with Gasteiger partial charge in [-0.05, 0) is 41.0 Å². The van der Waals surface area contributed by atoms with E-state index < -0.39 is 0 Å². The first kappa shape index (κ1) is 31.6. The topological polar surface area (TPSA) is 0 Å². The molecule has 2 rings (SSSR count). The van der Waals surface area contributed by atoms with Gasteiger partial charge in [0, 0.05) is 26.2 Å². The molecular weight excluding hydrogens is 457 g/mol. The second-order valence-electron chi connectivity index (χ2n) is 8.11. The Labute approximate surface area is 217 Å². The number of benzene rings is 1. The molecule has 1 heterocycles. The molecular formula is C30H44S3. The van der Waals surface area contributed by atoms with Crippen molar-refractivity contribution < 1.29 is 0 Å². The largest absolute Gasteiger partial charge is 0.143 e. The van der Waals surface area contributed by atoms with E-state index in [0.717, 1.165) is 17.6 Å². The molecule has 182 valence electrons. The summed E-state index contributed by atoms with van der Waals surface area (Å²) in [6.07, 6.45) is 10.4. The summed E-state index contributed by atoms with van der Waals surface area (Å²) in [6, 6.07) is 14.8. The lowest BCUT2D eigenvalue weighted by molar-refractivity contribution is 0.638. The molecule has 33 heavy (non-hydrogen) atoms. The Kier molecular flexibility index (Phi) is 20.2. The van der Waals surface area contributed by atoms with Crippen molar-refractivity contribution in [3.05, 3.63) is 95.7 Å². The van der Waals surface area contributed by atoms with E-state index >= 15 is 0 Å². The molecule has 0 N–H and O–H groups in total. The van der Waals surface area contributed by atoms with E-state index in [2.05, 4.69) is 109 Å². The van der Waals surface area contributed by atoms with Gasteiger partial charge in [0.25, 0.3) is 0 Å². The molecule has 0 spiro atoms. The molecule has 0 fully saturated rings. The third-order valence-electron chi connectivity index (χ3n) is 4.15. The van der Waals surface area contributed by atoms with E-state index in [1.165, 1.54) is 38.8 Å². The molecule has 2 aromatic rings. The molecule has 0 aliphatic rings. The summed E-state index contributed by atoms with van der Waals surface area (Å²) in [6.45, 7) is 20.8. The van der Waals surface area contributed by atoms with Crippen LogP contribution in [0.5, 0.6) is 0 Å². The normalized spacial score (nSPS) is 12.2. The summed E-state index contributed by atoms with van der Waals surface area (Å²) in [7, 11) is 0. The molecule has 0 saturated heterocycles. The standard InChI is InChI=1S/C15H20S.C12H16S2.C3H8/c1-4-9-15(16-12-13(3)5-2)14-10-7-6-8-11-14;1-4-6-11(14-9-10(2)3)12-7-5-8-13-12;1-3-2/h4,6-11,13H,1,5,12H2,2-3H3;4-8,10H,1,9H2,2-3H3;3H2,1-2H3/b15-9-;11-6-;. The summed E-state index contributed by atoms with van der Waals surface area (Å²) in [5.74, 6) is 3.83. The van der Waals surface area contributed by atoms with Crippen LogP contribution in [0.2, 0.25) is 0 Å². The molecule has 0 amide bonds. The van der Waals surface area contributed by atoms with Crippen molar-refractivity contribution in [1.29, 1.82) is 0 Å². The number of rotatable bonds is 11. The fraction of sp³-hybridized carbons (Fsp3) is 0.400. The van der Waals surface area contributed by atoms with Crippen LogP contribution >= 0.6 is 34.9 Å². The number of hydrogen-bond acceptors (Lipinski definition) is 3. The predicted octanol–water partition coefficient (Wildman–Crippen LogP) is 11.1. The lowest BCUT2D eigenvalue weighted by Gasteiger charge is -2.10. The lowest BCUT2D eigenvalue weighted by atomic mass is 10.2. The van der Waals surface area contributed by atoms with Crippen LogP contribution in [-0.4, -0.2) is 11.5 Å². The van der Waals surface area contributed by atoms with Crippen molar-refractivity contribution in [3.8, 4) is 0 Å². The van der Waals surface area contributed by atoms with Crippen molar-refractivity contribution >= 4 is 44.7 Å². The monoisotopic (exact) mass is 500 g/mol. The van der Waals surface area contributed by atoms with Crippen molar-refractivity contribution in [2.45, 2.75) is 54.4 Å². The van der Waals surface area contributed by atoms with Crippen LogP contribution in [0.1, 0.15) is 64.8 Å². The summed E-state index contributed by atoms with van der Waals surface area (Å²) < 4.78 is 0. The minimum Gasteiger partial charge on any atom is -0.143 e. The zero-order valence-corrected chi connectivity index (χ0v) is 24.0. The second kappa shape index (κ2) is 21.1. The van der Waals surface area contributed by atoms with E-state index in [9.17, 15) is 0 Å². The molecule has 0 saturated carbocycles. The van der Waals surface area contributed by atoms with E-state index in [0.29, 0.717) is 0 Å². The average molecular weight is 501 g/mol. The second-order valence-corrected chi connectivity index (χ2v) is 11.2. The van der Waals surface area contributed by atoms with E-state index in [-0.39, 0.29) is 0 Å². The molecule has 3 heteroatoms. The zero-order chi connectivity index (χ0) is 24.9. The first-order valence-electron chi connectivity index (χ1n) is 11.9. The average Bonchev–Trinajstić information content (AvgIpc) is 3.35. The molecule has 0 bridgehead atoms. The summed E-state index contributed by atoms with van der Waals surface area (Å²) >= 11 is 5.62. The van der Waals surface area contributed by atoms with Gasteiger partial charge in [0.2, 0.25) is 0 Å². The lowest BCUT2D eigenvalue weighted by Crippen LogP contribution is -1.95. The fourth-order valence-corrected chi connectivity index (χ4v) is 5.35. The summed E-state index contributed by atoms with van der Waals surface area (Å²) in [5.41, 5.74) is 1.29. The molecule has 1 aromatic heterocycles. The number of hydrogen-bond donors (Lipinski definition) is 0. The molecule has 0 radical (unpaired) electrons. The minimum atomic E-state index is 0.730. The third-order valence-corrected chi connectivity index (χ3v) is 8.10. The third kappa shape index (κ3) is 15.9. The molecule has 0 nitrogen and oxygen atoms in total. The van der Waals surface area contributed by atoms with Gasteiger partial charge in [-0.25, -0.2) is 0 Å². The molecule has 0 aliphatic carbocycles. The molecule has 1 aromatic carbocycles. The molecule has 1 atom stereocenters. The van der Waals surface area contributed by atoms with Crippen LogP contribution in [0, 0.1) is 11.8 Å². The highest BCUT2D eigenvalue weighted by molar-refractivity contribution is 8.08. The van der Waals surface area contributed by atoms with Gasteiger partial charge in [0.05, 0.1) is 0 Å². The zero-order valence-electron chi connectivity index (χ0n) is 21.6. The highest BCUT2D eigenvalue weighted by Crippen LogP contribution is 2.32. The van der Waals surface area contributed by atoms with Gasteiger partial charge in [-0.2, -0.15) is 0 Å². The van der Waals surface area contributed by atoms with Gasteiger partial charge in [-0.15, -0.1) is 34.9 Å². The Balaban J connectivity index is 0.000000558. The van der Waals surface area contributed by atoms with E-state index in [1.54, 1.807) is 11.3 Å². The number of thiophene rings is 1. The van der Waals surface area contributed by atoms with Crippen molar-refractivity contribution in [2.75, 3.05) is 11.5 Å². The Morgan fingerprint density at radius 2 is 1.42 bits per heavy atom. The molecule has 0 aliphatic heterocycles. The first-order chi connectivity index (χ1) is 15.9.